The third-order valence-electron chi connectivity index (χ3n) is 4.89. The minimum Gasteiger partial charge on any atom is -0.495 e. The van der Waals surface area contributed by atoms with Crippen LogP contribution in [0.2, 0.25) is 0 Å². The number of benzene rings is 3. The van der Waals surface area contributed by atoms with Crippen LogP contribution >= 0.6 is 0 Å². The average molecular weight is 389 g/mol. The molecule has 0 fully saturated rings. The van der Waals surface area contributed by atoms with Crippen molar-refractivity contribution >= 4 is 33.5 Å². The molecule has 3 aromatic carbocycles. The molecule has 1 heterocycles. The number of hydrogen-bond donors (Lipinski definition) is 1. The van der Waals surface area contributed by atoms with Crippen LogP contribution in [0.25, 0.3) is 21.9 Å². The fourth-order valence-corrected chi connectivity index (χ4v) is 3.30. The van der Waals surface area contributed by atoms with Crippen molar-refractivity contribution in [1.29, 1.82) is 0 Å². The van der Waals surface area contributed by atoms with Crippen LogP contribution in [0.4, 0.5) is 5.69 Å². The molecule has 4 aromatic rings. The van der Waals surface area contributed by atoms with Gasteiger partial charge in [0.05, 0.1) is 12.8 Å². The smallest absolute Gasteiger partial charge is 0.262 e. The van der Waals surface area contributed by atoms with Crippen LogP contribution in [-0.4, -0.2) is 19.6 Å². The molecule has 4 rings (SSSR count). The first-order valence-electron chi connectivity index (χ1n) is 9.57. The first-order chi connectivity index (χ1) is 14.0. The topological polar surface area (TPSA) is 60.7 Å². The summed E-state index contributed by atoms with van der Waals surface area (Å²) < 4.78 is 17.0. The number of anilines is 1. The van der Waals surface area contributed by atoms with Crippen LogP contribution in [-0.2, 0) is 4.79 Å². The Bertz CT molecular complexity index is 1160. The van der Waals surface area contributed by atoms with Crippen molar-refractivity contribution in [3.05, 3.63) is 66.2 Å². The lowest BCUT2D eigenvalue weighted by Gasteiger charge is -2.12. The number of hydrogen-bond acceptors (Lipinski definition) is 4. The lowest BCUT2D eigenvalue weighted by Crippen LogP contribution is -2.20. The summed E-state index contributed by atoms with van der Waals surface area (Å²) >= 11 is 0. The summed E-state index contributed by atoms with van der Waals surface area (Å²) in [6.45, 7) is 4.17. The van der Waals surface area contributed by atoms with Crippen LogP contribution in [0.5, 0.6) is 11.5 Å². The maximum Gasteiger partial charge on any atom is 0.262 e. The van der Waals surface area contributed by atoms with E-state index in [1.165, 1.54) is 5.56 Å². The van der Waals surface area contributed by atoms with Crippen molar-refractivity contribution < 1.29 is 18.7 Å². The van der Waals surface area contributed by atoms with Gasteiger partial charge in [0.15, 0.2) is 6.61 Å². The summed E-state index contributed by atoms with van der Waals surface area (Å²) in [5.74, 6) is 1.41. The molecule has 29 heavy (non-hydrogen) atoms. The molecule has 0 aliphatic heterocycles. The van der Waals surface area contributed by atoms with Gasteiger partial charge in [0.1, 0.15) is 22.7 Å². The van der Waals surface area contributed by atoms with Gasteiger partial charge in [-0.3, -0.25) is 4.79 Å². The van der Waals surface area contributed by atoms with E-state index in [9.17, 15) is 4.79 Å². The number of furan rings is 1. The number of nitrogens with one attached hydrogen (secondary N) is 1. The molecular formula is C24H23NO4. The summed E-state index contributed by atoms with van der Waals surface area (Å²) in [6.07, 6.45) is 0. The minimum atomic E-state index is -0.272. The molecule has 0 aliphatic carbocycles. The first kappa shape index (κ1) is 18.9. The van der Waals surface area contributed by atoms with Gasteiger partial charge in [-0.2, -0.15) is 0 Å². The number of fused-ring (bicyclic) bond motifs is 3. The summed E-state index contributed by atoms with van der Waals surface area (Å²) in [4.78, 5) is 12.4. The summed E-state index contributed by atoms with van der Waals surface area (Å²) in [5.41, 5.74) is 3.25. The third kappa shape index (κ3) is 3.90. The Morgan fingerprint density at radius 1 is 1.00 bits per heavy atom. The predicted molar refractivity (Wildman–Crippen MR) is 115 cm³/mol. The van der Waals surface area contributed by atoms with Crippen molar-refractivity contribution in [1.82, 2.24) is 0 Å². The number of methoxy groups -OCH3 is 1. The van der Waals surface area contributed by atoms with Gasteiger partial charge >= 0.3 is 0 Å². The molecule has 0 saturated carbocycles. The summed E-state index contributed by atoms with van der Waals surface area (Å²) in [6, 6.07) is 19.2. The Labute approximate surface area is 169 Å². The molecule has 5 heteroatoms. The Hall–Kier alpha value is -3.47. The van der Waals surface area contributed by atoms with E-state index < -0.39 is 0 Å². The second kappa shape index (κ2) is 7.87. The number of amides is 1. The van der Waals surface area contributed by atoms with Gasteiger partial charge in [0, 0.05) is 16.8 Å². The molecule has 0 saturated heterocycles. The highest BCUT2D eigenvalue weighted by Gasteiger charge is 2.14. The van der Waals surface area contributed by atoms with Gasteiger partial charge in [0.2, 0.25) is 0 Å². The van der Waals surface area contributed by atoms with Gasteiger partial charge in [-0.05, 0) is 35.7 Å². The van der Waals surface area contributed by atoms with E-state index in [1.54, 1.807) is 13.2 Å². The molecule has 0 radical (unpaired) electrons. The molecule has 148 valence electrons. The zero-order valence-electron chi connectivity index (χ0n) is 16.7. The lowest BCUT2D eigenvalue weighted by molar-refractivity contribution is -0.118. The number of carbonyl (C=O) groups excluding carboxylic acids is 1. The quantitative estimate of drug-likeness (QED) is 0.457. The van der Waals surface area contributed by atoms with Crippen LogP contribution in [0.3, 0.4) is 0 Å². The Morgan fingerprint density at radius 3 is 2.48 bits per heavy atom. The predicted octanol–water partition coefficient (Wildman–Crippen LogP) is 5.74. The van der Waals surface area contributed by atoms with E-state index in [0.29, 0.717) is 28.7 Å². The molecule has 1 amide bonds. The van der Waals surface area contributed by atoms with Crippen LogP contribution < -0.4 is 14.8 Å². The van der Waals surface area contributed by atoms with E-state index in [1.807, 2.05) is 54.6 Å². The van der Waals surface area contributed by atoms with E-state index in [2.05, 4.69) is 19.2 Å². The van der Waals surface area contributed by atoms with Gasteiger partial charge in [-0.25, -0.2) is 0 Å². The van der Waals surface area contributed by atoms with Crippen molar-refractivity contribution in [3.8, 4) is 11.5 Å². The molecule has 0 bridgehead atoms. The standard InChI is InChI=1S/C24H23NO4/c1-15(2)16-8-10-17(11-9-16)28-14-24(26)25-20-13-22-19(12-23(20)27-3)18-6-4-5-7-21(18)29-22/h4-13,15H,14H2,1-3H3,(H,25,26). The average Bonchev–Trinajstić information content (AvgIpc) is 3.09. The number of carbonyl (C=O) groups is 1. The van der Waals surface area contributed by atoms with Gasteiger partial charge in [-0.1, -0.05) is 44.2 Å². The molecule has 0 atom stereocenters. The lowest BCUT2D eigenvalue weighted by atomic mass is 10.0. The fraction of sp³-hybridized carbons (Fsp3) is 0.208. The largest absolute Gasteiger partial charge is 0.495 e. The number of ether oxygens (including phenoxy) is 2. The van der Waals surface area contributed by atoms with E-state index in [0.717, 1.165) is 16.4 Å². The van der Waals surface area contributed by atoms with E-state index in [-0.39, 0.29) is 12.5 Å². The van der Waals surface area contributed by atoms with Crippen LogP contribution in [0.1, 0.15) is 25.3 Å². The van der Waals surface area contributed by atoms with Gasteiger partial charge in [0.25, 0.3) is 5.91 Å². The zero-order valence-corrected chi connectivity index (χ0v) is 16.7. The Kier molecular flexibility index (Phi) is 5.12. The monoisotopic (exact) mass is 389 g/mol. The number of para-hydroxylation sites is 1. The van der Waals surface area contributed by atoms with Crippen LogP contribution in [0, 0.1) is 0 Å². The zero-order chi connectivity index (χ0) is 20.4. The molecule has 5 nitrogen and oxygen atoms in total. The fourth-order valence-electron chi connectivity index (χ4n) is 3.30. The highest BCUT2D eigenvalue weighted by molar-refractivity contribution is 6.07. The van der Waals surface area contributed by atoms with E-state index in [4.69, 9.17) is 13.9 Å². The highest BCUT2D eigenvalue weighted by atomic mass is 16.5. The van der Waals surface area contributed by atoms with Crippen molar-refractivity contribution in [2.45, 2.75) is 19.8 Å². The maximum absolute atomic E-state index is 12.4. The first-order valence-corrected chi connectivity index (χ1v) is 9.57. The van der Waals surface area contributed by atoms with Crippen molar-refractivity contribution in [2.24, 2.45) is 0 Å². The summed E-state index contributed by atoms with van der Waals surface area (Å²) in [5, 5.41) is 4.80. The van der Waals surface area contributed by atoms with E-state index >= 15 is 0 Å². The molecule has 0 spiro atoms. The SMILES string of the molecule is COc1cc2c(cc1NC(=O)COc1ccc(C(C)C)cc1)oc1ccccc12. The van der Waals surface area contributed by atoms with Crippen molar-refractivity contribution in [3.63, 3.8) is 0 Å². The molecule has 1 N–H and O–H groups in total. The molecular weight excluding hydrogens is 366 g/mol. The van der Waals surface area contributed by atoms with Crippen molar-refractivity contribution in [2.75, 3.05) is 19.0 Å². The maximum atomic E-state index is 12.4. The third-order valence-corrected chi connectivity index (χ3v) is 4.89. The molecule has 0 aliphatic rings. The Morgan fingerprint density at radius 2 is 1.76 bits per heavy atom. The molecule has 0 unspecified atom stereocenters. The summed E-state index contributed by atoms with van der Waals surface area (Å²) in [7, 11) is 1.58. The van der Waals surface area contributed by atoms with Gasteiger partial charge in [-0.15, -0.1) is 0 Å². The highest BCUT2D eigenvalue weighted by Crippen LogP contribution is 2.36. The van der Waals surface area contributed by atoms with Crippen LogP contribution in [0.15, 0.2) is 65.1 Å². The molecule has 1 aromatic heterocycles. The normalized spacial score (nSPS) is 11.2. The Balaban J connectivity index is 1.50. The minimum absolute atomic E-state index is 0.0949. The number of rotatable bonds is 6. The second-order valence-electron chi connectivity index (χ2n) is 7.21. The second-order valence-corrected chi connectivity index (χ2v) is 7.21. The van der Waals surface area contributed by atoms with Gasteiger partial charge < -0.3 is 19.2 Å².